The number of benzene rings is 1. The highest BCUT2D eigenvalue weighted by Gasteiger charge is 2.44. The van der Waals surface area contributed by atoms with E-state index in [1.54, 1.807) is 22.7 Å². The third-order valence-corrected chi connectivity index (χ3v) is 11.1. The smallest absolute Gasteiger partial charge is 0.264 e. The van der Waals surface area contributed by atoms with Crippen LogP contribution in [0.4, 0.5) is 0 Å². The van der Waals surface area contributed by atoms with Crippen LogP contribution in [0.25, 0.3) is 31.2 Å². The van der Waals surface area contributed by atoms with E-state index in [4.69, 9.17) is 0 Å². The zero-order chi connectivity index (χ0) is 25.6. The quantitative estimate of drug-likeness (QED) is 0.165. The first kappa shape index (κ1) is 25.9. The number of rotatable bonds is 11. The molecule has 36 heavy (non-hydrogen) atoms. The van der Waals surface area contributed by atoms with Crippen LogP contribution >= 0.6 is 34.4 Å². The van der Waals surface area contributed by atoms with Crippen molar-refractivity contribution in [2.24, 2.45) is 0 Å². The van der Waals surface area contributed by atoms with Crippen LogP contribution in [0, 0.1) is 0 Å². The Morgan fingerprint density at radius 3 is 2.19 bits per heavy atom. The van der Waals surface area contributed by atoms with E-state index in [9.17, 15) is 25.9 Å². The molecule has 3 heterocycles. The van der Waals surface area contributed by atoms with Crippen molar-refractivity contribution < 1.29 is 25.9 Å². The second kappa shape index (κ2) is 9.86. The molecule has 0 fully saturated rings. The van der Waals surface area contributed by atoms with E-state index < -0.39 is 25.7 Å². The molecule has 1 aliphatic carbocycles. The lowest BCUT2D eigenvalue weighted by molar-refractivity contribution is 0.411. The molecule has 0 bridgehead atoms. The molecular weight excluding hydrogens is 561 g/mol. The summed E-state index contributed by atoms with van der Waals surface area (Å²) in [5.41, 5.74) is 4.69. The second-order valence-corrected chi connectivity index (χ2v) is 14.7. The number of aromatic nitrogens is 2. The van der Waals surface area contributed by atoms with E-state index in [1.165, 1.54) is 32.6 Å². The van der Waals surface area contributed by atoms with Crippen LogP contribution < -0.4 is 0 Å². The van der Waals surface area contributed by atoms with Crippen molar-refractivity contribution in [2.75, 3.05) is 11.5 Å². The summed E-state index contributed by atoms with van der Waals surface area (Å²) in [6, 6.07) is 10.3. The molecule has 0 amide bonds. The summed E-state index contributed by atoms with van der Waals surface area (Å²) in [4.78, 5) is 3.45. The molecule has 0 saturated carbocycles. The molecule has 13 heteroatoms. The number of hydrogen-bond acceptors (Lipinski definition) is 9. The molecule has 0 saturated heterocycles. The molecule has 0 atom stereocenters. The predicted octanol–water partition coefficient (Wildman–Crippen LogP) is 5.86. The van der Waals surface area contributed by atoms with Gasteiger partial charge in [0.05, 0.1) is 23.2 Å². The highest BCUT2D eigenvalue weighted by molar-refractivity contribution is 7.86. The van der Waals surface area contributed by atoms with Crippen molar-refractivity contribution in [3.63, 3.8) is 0 Å². The van der Waals surface area contributed by atoms with Gasteiger partial charge in [0.1, 0.15) is 11.0 Å². The Kier molecular flexibility index (Phi) is 7.09. The summed E-state index contributed by atoms with van der Waals surface area (Å²) in [7, 11) is -8.07. The van der Waals surface area contributed by atoms with Crippen LogP contribution in [-0.4, -0.2) is 46.2 Å². The SMILES string of the molecule is O=S(=O)(O)CCCCC1(CCCCS(=O)(=O)O)c2ccsc2-c2sc(-c3cccc4nsnc34)cc21. The maximum atomic E-state index is 11.3. The van der Waals surface area contributed by atoms with Gasteiger partial charge in [-0.05, 0) is 60.4 Å². The summed E-state index contributed by atoms with van der Waals surface area (Å²) in [6.45, 7) is 0. The van der Waals surface area contributed by atoms with Crippen LogP contribution in [0.5, 0.6) is 0 Å². The van der Waals surface area contributed by atoms with Gasteiger partial charge in [-0.3, -0.25) is 9.11 Å². The lowest BCUT2D eigenvalue weighted by atomic mass is 9.71. The van der Waals surface area contributed by atoms with Crippen LogP contribution in [0.15, 0.2) is 35.7 Å². The molecule has 1 aromatic carbocycles. The van der Waals surface area contributed by atoms with Crippen molar-refractivity contribution in [1.82, 2.24) is 8.75 Å². The van der Waals surface area contributed by atoms with Crippen molar-refractivity contribution >= 4 is 65.7 Å². The fraction of sp³-hybridized carbons (Fsp3) is 0.391. The minimum absolute atomic E-state index is 0.289. The number of unbranched alkanes of at least 4 members (excludes halogenated alkanes) is 2. The molecule has 0 radical (unpaired) electrons. The van der Waals surface area contributed by atoms with Gasteiger partial charge in [-0.25, -0.2) is 0 Å². The fourth-order valence-corrected chi connectivity index (χ4v) is 9.29. The first-order chi connectivity index (χ1) is 17.1. The van der Waals surface area contributed by atoms with Gasteiger partial charge >= 0.3 is 0 Å². The lowest BCUT2D eigenvalue weighted by Crippen LogP contribution is -2.25. The Labute approximate surface area is 221 Å². The molecule has 4 aromatic rings. The Hall–Kier alpha value is -1.74. The van der Waals surface area contributed by atoms with Gasteiger partial charge in [-0.15, -0.1) is 22.7 Å². The minimum atomic E-state index is -4.04. The molecular formula is C23H24N2O6S5. The van der Waals surface area contributed by atoms with Gasteiger partial charge in [-0.1, -0.05) is 25.0 Å². The average molecular weight is 585 g/mol. The third kappa shape index (κ3) is 5.15. The summed E-state index contributed by atoms with van der Waals surface area (Å²) in [6.07, 6.45) is 3.18. The Balaban J connectivity index is 1.53. The first-order valence-electron chi connectivity index (χ1n) is 11.4. The van der Waals surface area contributed by atoms with E-state index >= 15 is 0 Å². The molecule has 192 valence electrons. The highest BCUT2D eigenvalue weighted by Crippen LogP contribution is 2.60. The minimum Gasteiger partial charge on any atom is -0.286 e. The number of fused-ring (bicyclic) bond motifs is 4. The molecule has 8 nitrogen and oxygen atoms in total. The van der Waals surface area contributed by atoms with Gasteiger partial charge in [0.15, 0.2) is 0 Å². The summed E-state index contributed by atoms with van der Waals surface area (Å²) < 4.78 is 72.4. The Bertz CT molecular complexity index is 1580. The van der Waals surface area contributed by atoms with Crippen molar-refractivity contribution in [3.8, 4) is 20.2 Å². The predicted molar refractivity (Wildman–Crippen MR) is 145 cm³/mol. The van der Waals surface area contributed by atoms with Crippen molar-refractivity contribution in [2.45, 2.75) is 43.9 Å². The van der Waals surface area contributed by atoms with Crippen LogP contribution in [0.2, 0.25) is 0 Å². The highest BCUT2D eigenvalue weighted by atomic mass is 32.2. The van der Waals surface area contributed by atoms with E-state index in [0.29, 0.717) is 38.5 Å². The largest absolute Gasteiger partial charge is 0.286 e. The van der Waals surface area contributed by atoms with E-state index in [0.717, 1.165) is 21.5 Å². The van der Waals surface area contributed by atoms with Crippen LogP contribution in [-0.2, 0) is 25.7 Å². The molecule has 0 unspecified atom stereocenters. The van der Waals surface area contributed by atoms with E-state index in [2.05, 4.69) is 26.3 Å². The zero-order valence-electron chi connectivity index (χ0n) is 19.1. The van der Waals surface area contributed by atoms with Gasteiger partial charge in [0, 0.05) is 25.6 Å². The molecule has 0 spiro atoms. The number of hydrogen-bond donors (Lipinski definition) is 2. The Morgan fingerprint density at radius 2 is 1.53 bits per heavy atom. The monoisotopic (exact) mass is 584 g/mol. The average Bonchev–Trinajstić information content (AvgIpc) is 3.57. The molecule has 5 rings (SSSR count). The number of nitrogens with zero attached hydrogens (tertiary/aromatic N) is 2. The first-order valence-corrected chi connectivity index (χ1v) is 17.1. The second-order valence-electron chi connectivity index (χ2n) is 9.02. The van der Waals surface area contributed by atoms with Gasteiger partial charge in [0.2, 0.25) is 0 Å². The van der Waals surface area contributed by atoms with Gasteiger partial charge < -0.3 is 0 Å². The zero-order valence-corrected chi connectivity index (χ0v) is 23.2. The van der Waals surface area contributed by atoms with E-state index in [1.807, 2.05) is 18.2 Å². The summed E-state index contributed by atoms with van der Waals surface area (Å²) >= 11 is 4.56. The maximum absolute atomic E-state index is 11.3. The maximum Gasteiger partial charge on any atom is 0.264 e. The summed E-state index contributed by atoms with van der Waals surface area (Å²) in [5.74, 6) is -0.578. The van der Waals surface area contributed by atoms with E-state index in [-0.39, 0.29) is 11.5 Å². The summed E-state index contributed by atoms with van der Waals surface area (Å²) in [5, 5.41) is 2.06. The van der Waals surface area contributed by atoms with Gasteiger partial charge in [-0.2, -0.15) is 25.6 Å². The number of thiophene rings is 2. The van der Waals surface area contributed by atoms with Crippen LogP contribution in [0.1, 0.15) is 49.7 Å². The Morgan fingerprint density at radius 1 is 0.833 bits per heavy atom. The fourth-order valence-electron chi connectivity index (χ4n) is 5.15. The molecule has 3 aromatic heterocycles. The molecule has 2 N–H and O–H groups in total. The van der Waals surface area contributed by atoms with Crippen molar-refractivity contribution in [3.05, 3.63) is 46.8 Å². The topological polar surface area (TPSA) is 135 Å². The van der Waals surface area contributed by atoms with Gasteiger partial charge in [0.25, 0.3) is 20.2 Å². The molecule has 0 aliphatic heterocycles. The van der Waals surface area contributed by atoms with Crippen LogP contribution in [0.3, 0.4) is 0 Å². The standard InChI is InChI=1S/C23H24N2O6S5/c26-35(27,28)12-3-1-9-23(10-2-4-13-36(29,30)31)16-8-11-32-21(16)22-17(23)14-19(33-22)15-6-5-7-18-20(15)25-34-24-18/h5-8,11,14H,1-4,9-10,12-13H2,(H,26,27,28)(H,29,30,31). The lowest BCUT2D eigenvalue weighted by Gasteiger charge is -2.31. The normalized spacial score (nSPS) is 14.8. The van der Waals surface area contributed by atoms with Crippen molar-refractivity contribution in [1.29, 1.82) is 0 Å². The third-order valence-electron chi connectivity index (χ3n) is 6.70. The molecule has 1 aliphatic rings.